The van der Waals surface area contributed by atoms with Crippen LogP contribution in [0, 0.1) is 12.8 Å². The van der Waals surface area contributed by atoms with Crippen molar-refractivity contribution in [1.29, 1.82) is 0 Å². The molecule has 1 unspecified atom stereocenters. The summed E-state index contributed by atoms with van der Waals surface area (Å²) in [7, 11) is 0. The van der Waals surface area contributed by atoms with Gasteiger partial charge in [0.2, 0.25) is 0 Å². The van der Waals surface area contributed by atoms with Gasteiger partial charge in [-0.15, -0.1) is 0 Å². The standard InChI is InChI=1S/C18H34N2O/c1-8-14(3)12-20(9-2)13-17-10-16(15(4)21-17)11-19-18(5,6)7/h10,14,19H,8-9,11-13H2,1-7H3. The average molecular weight is 294 g/mol. The predicted molar refractivity (Wildman–Crippen MR) is 90.4 cm³/mol. The van der Waals surface area contributed by atoms with E-state index in [1.165, 1.54) is 12.0 Å². The Labute approximate surface area is 131 Å². The number of nitrogens with zero attached hydrogens (tertiary/aromatic N) is 1. The van der Waals surface area contributed by atoms with Crippen molar-refractivity contribution in [3.63, 3.8) is 0 Å². The molecule has 0 spiro atoms. The quantitative estimate of drug-likeness (QED) is 0.773. The van der Waals surface area contributed by atoms with Crippen molar-refractivity contribution < 1.29 is 4.42 Å². The molecule has 0 aliphatic heterocycles. The molecule has 0 aliphatic rings. The Balaban J connectivity index is 2.63. The van der Waals surface area contributed by atoms with Gasteiger partial charge < -0.3 is 9.73 Å². The van der Waals surface area contributed by atoms with Crippen molar-refractivity contribution >= 4 is 0 Å². The minimum atomic E-state index is 0.135. The summed E-state index contributed by atoms with van der Waals surface area (Å²) in [5.41, 5.74) is 1.41. The molecule has 0 saturated heterocycles. The normalized spacial score (nSPS) is 13.9. The van der Waals surface area contributed by atoms with Crippen molar-refractivity contribution in [2.24, 2.45) is 5.92 Å². The summed E-state index contributed by atoms with van der Waals surface area (Å²) in [6, 6.07) is 2.22. The first-order valence-electron chi connectivity index (χ1n) is 8.30. The Morgan fingerprint density at radius 3 is 2.48 bits per heavy atom. The molecule has 0 saturated carbocycles. The van der Waals surface area contributed by atoms with Gasteiger partial charge >= 0.3 is 0 Å². The number of nitrogens with one attached hydrogen (secondary N) is 1. The van der Waals surface area contributed by atoms with Gasteiger partial charge in [0.05, 0.1) is 6.54 Å². The van der Waals surface area contributed by atoms with E-state index in [4.69, 9.17) is 4.42 Å². The number of furan rings is 1. The van der Waals surface area contributed by atoms with Gasteiger partial charge in [-0.25, -0.2) is 0 Å². The monoisotopic (exact) mass is 294 g/mol. The SMILES string of the molecule is CCC(C)CN(CC)Cc1cc(CNC(C)(C)C)c(C)o1. The lowest BCUT2D eigenvalue weighted by Crippen LogP contribution is -2.35. The second-order valence-corrected chi connectivity index (χ2v) is 7.24. The lowest BCUT2D eigenvalue weighted by molar-refractivity contribution is 0.219. The van der Waals surface area contributed by atoms with Gasteiger partial charge in [0.25, 0.3) is 0 Å². The zero-order valence-electron chi connectivity index (χ0n) is 15.0. The van der Waals surface area contributed by atoms with Crippen molar-refractivity contribution in [1.82, 2.24) is 10.2 Å². The van der Waals surface area contributed by atoms with E-state index < -0.39 is 0 Å². The second kappa shape index (κ2) is 8.00. The molecule has 122 valence electrons. The van der Waals surface area contributed by atoms with E-state index in [0.717, 1.165) is 43.6 Å². The highest BCUT2D eigenvalue weighted by atomic mass is 16.3. The Bertz CT molecular complexity index is 417. The molecular weight excluding hydrogens is 260 g/mol. The molecule has 1 aromatic heterocycles. The van der Waals surface area contributed by atoms with E-state index in [0.29, 0.717) is 0 Å². The van der Waals surface area contributed by atoms with Crippen LogP contribution in [0.1, 0.15) is 65.0 Å². The Morgan fingerprint density at radius 1 is 1.29 bits per heavy atom. The van der Waals surface area contributed by atoms with Gasteiger partial charge in [-0.05, 0) is 46.2 Å². The molecule has 3 nitrogen and oxygen atoms in total. The molecule has 1 N–H and O–H groups in total. The third kappa shape index (κ3) is 6.66. The second-order valence-electron chi connectivity index (χ2n) is 7.24. The van der Waals surface area contributed by atoms with E-state index in [-0.39, 0.29) is 5.54 Å². The van der Waals surface area contributed by atoms with Crippen molar-refractivity contribution in [2.45, 2.75) is 73.5 Å². The van der Waals surface area contributed by atoms with E-state index >= 15 is 0 Å². The highest BCUT2D eigenvalue weighted by Gasteiger charge is 2.15. The topological polar surface area (TPSA) is 28.4 Å². The highest BCUT2D eigenvalue weighted by molar-refractivity contribution is 5.21. The maximum atomic E-state index is 5.95. The minimum absolute atomic E-state index is 0.135. The number of hydrogen-bond donors (Lipinski definition) is 1. The van der Waals surface area contributed by atoms with Crippen LogP contribution in [0.2, 0.25) is 0 Å². The zero-order chi connectivity index (χ0) is 16.0. The summed E-state index contributed by atoms with van der Waals surface area (Å²) in [4.78, 5) is 2.47. The lowest BCUT2D eigenvalue weighted by atomic mass is 10.1. The third-order valence-corrected chi connectivity index (χ3v) is 3.97. The van der Waals surface area contributed by atoms with Gasteiger partial charge in [-0.3, -0.25) is 4.90 Å². The molecule has 1 atom stereocenters. The summed E-state index contributed by atoms with van der Waals surface area (Å²) < 4.78 is 5.95. The molecule has 3 heteroatoms. The molecule has 0 bridgehead atoms. The lowest BCUT2D eigenvalue weighted by Gasteiger charge is -2.22. The van der Waals surface area contributed by atoms with Gasteiger partial charge in [0, 0.05) is 24.2 Å². The molecule has 1 aromatic rings. The van der Waals surface area contributed by atoms with Crippen LogP contribution in [-0.2, 0) is 13.1 Å². The highest BCUT2D eigenvalue weighted by Crippen LogP contribution is 2.18. The number of rotatable bonds is 8. The van der Waals surface area contributed by atoms with Crippen LogP contribution in [-0.4, -0.2) is 23.5 Å². The maximum absolute atomic E-state index is 5.95. The van der Waals surface area contributed by atoms with E-state index in [1.807, 2.05) is 0 Å². The van der Waals surface area contributed by atoms with Crippen molar-refractivity contribution in [3.05, 3.63) is 23.2 Å². The third-order valence-electron chi connectivity index (χ3n) is 3.97. The predicted octanol–water partition coefficient (Wildman–Crippen LogP) is 4.34. The van der Waals surface area contributed by atoms with Crippen LogP contribution in [0.4, 0.5) is 0 Å². The number of hydrogen-bond acceptors (Lipinski definition) is 3. The molecule has 0 amide bonds. The zero-order valence-corrected chi connectivity index (χ0v) is 15.0. The van der Waals surface area contributed by atoms with E-state index in [1.54, 1.807) is 0 Å². The molecule has 1 heterocycles. The van der Waals surface area contributed by atoms with Crippen LogP contribution in [0.3, 0.4) is 0 Å². The first-order chi connectivity index (χ1) is 9.75. The van der Waals surface area contributed by atoms with Crippen LogP contribution >= 0.6 is 0 Å². The maximum Gasteiger partial charge on any atom is 0.118 e. The molecule has 0 aliphatic carbocycles. The van der Waals surface area contributed by atoms with Gasteiger partial charge in [-0.2, -0.15) is 0 Å². The van der Waals surface area contributed by atoms with Crippen LogP contribution in [0.15, 0.2) is 10.5 Å². The smallest absolute Gasteiger partial charge is 0.118 e. The average Bonchev–Trinajstić information content (AvgIpc) is 2.74. The minimum Gasteiger partial charge on any atom is -0.465 e. The van der Waals surface area contributed by atoms with Crippen molar-refractivity contribution in [3.8, 4) is 0 Å². The Morgan fingerprint density at radius 2 is 1.95 bits per heavy atom. The molecule has 0 fully saturated rings. The summed E-state index contributed by atoms with van der Waals surface area (Å²) in [5, 5.41) is 3.53. The van der Waals surface area contributed by atoms with E-state index in [9.17, 15) is 0 Å². The van der Waals surface area contributed by atoms with Crippen LogP contribution in [0.25, 0.3) is 0 Å². The van der Waals surface area contributed by atoms with Crippen molar-refractivity contribution in [2.75, 3.05) is 13.1 Å². The van der Waals surface area contributed by atoms with Crippen LogP contribution in [0.5, 0.6) is 0 Å². The largest absolute Gasteiger partial charge is 0.465 e. The summed E-state index contributed by atoms with van der Waals surface area (Å²) >= 11 is 0. The summed E-state index contributed by atoms with van der Waals surface area (Å²) in [6.45, 7) is 19.4. The Hall–Kier alpha value is -0.800. The van der Waals surface area contributed by atoms with Gasteiger partial charge in [0.1, 0.15) is 11.5 Å². The van der Waals surface area contributed by atoms with E-state index in [2.05, 4.69) is 64.7 Å². The molecule has 1 rings (SSSR count). The fourth-order valence-electron chi connectivity index (χ4n) is 2.30. The number of aryl methyl sites for hydroxylation is 1. The molecular formula is C18H34N2O. The van der Waals surface area contributed by atoms with Crippen LogP contribution < -0.4 is 5.32 Å². The fourth-order valence-corrected chi connectivity index (χ4v) is 2.30. The van der Waals surface area contributed by atoms with Gasteiger partial charge in [-0.1, -0.05) is 27.2 Å². The first-order valence-corrected chi connectivity index (χ1v) is 8.30. The molecule has 0 radical (unpaired) electrons. The Kier molecular flexibility index (Phi) is 6.95. The fraction of sp³-hybridized carbons (Fsp3) is 0.778. The molecule has 0 aromatic carbocycles. The molecule has 21 heavy (non-hydrogen) atoms. The first kappa shape index (κ1) is 18.2. The summed E-state index contributed by atoms with van der Waals surface area (Å²) in [5.74, 6) is 2.87. The van der Waals surface area contributed by atoms with Gasteiger partial charge in [0.15, 0.2) is 0 Å². The summed E-state index contributed by atoms with van der Waals surface area (Å²) in [6.07, 6.45) is 1.23.